The second kappa shape index (κ2) is 7.94. The molecular formula is C20H19ClF4N4O. The Labute approximate surface area is 175 Å². The van der Waals surface area contributed by atoms with Crippen LogP contribution in [0.4, 0.5) is 28.2 Å². The highest BCUT2D eigenvalue weighted by Gasteiger charge is 2.33. The van der Waals surface area contributed by atoms with Crippen molar-refractivity contribution < 1.29 is 22.4 Å². The van der Waals surface area contributed by atoms with E-state index in [1.807, 2.05) is 0 Å². The van der Waals surface area contributed by atoms with Gasteiger partial charge in [0.2, 0.25) is 0 Å². The number of benzene rings is 1. The lowest BCUT2D eigenvalue weighted by Crippen LogP contribution is -2.52. The maximum Gasteiger partial charge on any atom is 0.417 e. The third-order valence-electron chi connectivity index (χ3n) is 5.50. The van der Waals surface area contributed by atoms with Gasteiger partial charge in [0.05, 0.1) is 16.6 Å². The SMILES string of the molecule is O=C(NC1CCc2cc(F)ccc21)N1CCN(c2ncc(C(F)(F)F)cc2Cl)CC1. The quantitative estimate of drug-likeness (QED) is 0.701. The molecule has 1 aliphatic heterocycles. The molecule has 1 aliphatic carbocycles. The molecule has 2 heterocycles. The third-order valence-corrected chi connectivity index (χ3v) is 5.77. The number of piperazine rings is 1. The molecule has 4 rings (SSSR count). The fraction of sp³-hybridized carbons (Fsp3) is 0.400. The first-order chi connectivity index (χ1) is 14.2. The number of hydrogen-bond acceptors (Lipinski definition) is 3. The number of aromatic nitrogens is 1. The van der Waals surface area contributed by atoms with E-state index < -0.39 is 11.7 Å². The molecule has 1 aromatic carbocycles. The number of hydrogen-bond donors (Lipinski definition) is 1. The first kappa shape index (κ1) is 20.7. The molecule has 0 radical (unpaired) electrons. The van der Waals surface area contributed by atoms with Gasteiger partial charge in [-0.3, -0.25) is 0 Å². The molecule has 1 N–H and O–H groups in total. The number of nitrogens with zero attached hydrogens (tertiary/aromatic N) is 3. The third kappa shape index (κ3) is 4.16. The Bertz CT molecular complexity index is 960. The van der Waals surface area contributed by atoms with Gasteiger partial charge in [0.1, 0.15) is 11.6 Å². The zero-order valence-electron chi connectivity index (χ0n) is 15.8. The zero-order valence-corrected chi connectivity index (χ0v) is 16.6. The van der Waals surface area contributed by atoms with Crippen LogP contribution in [0.1, 0.15) is 29.2 Å². The van der Waals surface area contributed by atoms with Gasteiger partial charge in [-0.05, 0) is 42.2 Å². The summed E-state index contributed by atoms with van der Waals surface area (Å²) in [5.74, 6) is -0.0103. The van der Waals surface area contributed by atoms with E-state index >= 15 is 0 Å². The first-order valence-corrected chi connectivity index (χ1v) is 9.91. The molecule has 30 heavy (non-hydrogen) atoms. The number of carbonyl (C=O) groups excluding carboxylic acids is 1. The molecule has 0 saturated carbocycles. The Hall–Kier alpha value is -2.55. The minimum atomic E-state index is -4.50. The number of carbonyl (C=O) groups is 1. The minimum absolute atomic E-state index is 0.0717. The standard InChI is InChI=1S/C20H19ClF4N4O/c21-16-10-13(20(23,24)25)11-26-18(16)28-5-7-29(8-6-28)19(30)27-17-4-1-12-9-14(22)2-3-15(12)17/h2-3,9-11,17H,1,4-8H2,(H,27,30). The van der Waals surface area contributed by atoms with E-state index in [2.05, 4.69) is 10.3 Å². The molecule has 0 bridgehead atoms. The van der Waals surface area contributed by atoms with E-state index in [0.29, 0.717) is 32.6 Å². The van der Waals surface area contributed by atoms with Crippen molar-refractivity contribution in [1.29, 1.82) is 0 Å². The average Bonchev–Trinajstić information content (AvgIpc) is 3.09. The molecule has 1 saturated heterocycles. The zero-order chi connectivity index (χ0) is 21.5. The van der Waals surface area contributed by atoms with Gasteiger partial charge in [0.25, 0.3) is 0 Å². The van der Waals surface area contributed by atoms with Gasteiger partial charge >= 0.3 is 12.2 Å². The molecule has 1 unspecified atom stereocenters. The van der Waals surface area contributed by atoms with E-state index in [4.69, 9.17) is 11.6 Å². The van der Waals surface area contributed by atoms with E-state index in [1.54, 1.807) is 15.9 Å². The Morgan fingerprint density at radius 2 is 1.90 bits per heavy atom. The Kier molecular flexibility index (Phi) is 5.48. The highest BCUT2D eigenvalue weighted by atomic mass is 35.5. The van der Waals surface area contributed by atoms with Gasteiger partial charge in [-0.25, -0.2) is 14.2 Å². The Balaban J connectivity index is 1.36. The predicted molar refractivity (Wildman–Crippen MR) is 104 cm³/mol. The molecule has 160 valence electrons. The van der Waals surface area contributed by atoms with Crippen molar-refractivity contribution in [2.24, 2.45) is 0 Å². The molecular weight excluding hydrogens is 424 g/mol. The number of nitrogens with one attached hydrogen (secondary N) is 1. The molecule has 1 atom stereocenters. The van der Waals surface area contributed by atoms with Crippen LogP contribution in [0.2, 0.25) is 5.02 Å². The number of aryl methyl sites for hydroxylation is 1. The normalized spacial score (nSPS) is 19.0. The van der Waals surface area contributed by atoms with Gasteiger partial charge < -0.3 is 15.1 Å². The Morgan fingerprint density at radius 1 is 1.17 bits per heavy atom. The monoisotopic (exact) mass is 442 g/mol. The van der Waals surface area contributed by atoms with Crippen LogP contribution in [0.25, 0.3) is 0 Å². The van der Waals surface area contributed by atoms with Crippen LogP contribution in [-0.2, 0) is 12.6 Å². The molecule has 10 heteroatoms. The summed E-state index contributed by atoms with van der Waals surface area (Å²) in [6.45, 7) is 1.57. The average molecular weight is 443 g/mol. The number of amides is 2. The Morgan fingerprint density at radius 3 is 2.57 bits per heavy atom. The lowest BCUT2D eigenvalue weighted by Gasteiger charge is -2.36. The van der Waals surface area contributed by atoms with Crippen LogP contribution in [-0.4, -0.2) is 42.1 Å². The molecule has 1 fully saturated rings. The molecule has 0 spiro atoms. The highest BCUT2D eigenvalue weighted by molar-refractivity contribution is 6.33. The van der Waals surface area contributed by atoms with Gasteiger partial charge in [0.15, 0.2) is 0 Å². The number of rotatable bonds is 2. The van der Waals surface area contributed by atoms with E-state index in [9.17, 15) is 22.4 Å². The van der Waals surface area contributed by atoms with Crippen molar-refractivity contribution in [3.05, 3.63) is 58.0 Å². The van der Waals surface area contributed by atoms with Crippen LogP contribution < -0.4 is 10.2 Å². The summed E-state index contributed by atoms with van der Waals surface area (Å²) >= 11 is 6.02. The summed E-state index contributed by atoms with van der Waals surface area (Å²) in [5, 5.41) is 2.92. The molecule has 2 aromatic rings. The largest absolute Gasteiger partial charge is 0.417 e. The lowest BCUT2D eigenvalue weighted by molar-refractivity contribution is -0.137. The van der Waals surface area contributed by atoms with E-state index in [-0.39, 0.29) is 28.7 Å². The second-order valence-corrected chi connectivity index (χ2v) is 7.79. The number of urea groups is 1. The van der Waals surface area contributed by atoms with Gasteiger partial charge in [-0.15, -0.1) is 0 Å². The fourth-order valence-electron chi connectivity index (χ4n) is 3.92. The number of anilines is 1. The summed E-state index contributed by atoms with van der Waals surface area (Å²) < 4.78 is 51.7. The summed E-state index contributed by atoms with van der Waals surface area (Å²) in [6.07, 6.45) is -2.31. The van der Waals surface area contributed by atoms with Crippen LogP contribution in [0, 0.1) is 5.82 Å². The van der Waals surface area contributed by atoms with E-state index in [0.717, 1.165) is 29.8 Å². The molecule has 2 amide bonds. The van der Waals surface area contributed by atoms with Crippen LogP contribution in [0.5, 0.6) is 0 Å². The van der Waals surface area contributed by atoms with Crippen molar-refractivity contribution in [2.45, 2.75) is 25.1 Å². The van der Waals surface area contributed by atoms with Crippen molar-refractivity contribution in [3.63, 3.8) is 0 Å². The van der Waals surface area contributed by atoms with Gasteiger partial charge in [-0.1, -0.05) is 17.7 Å². The van der Waals surface area contributed by atoms with Gasteiger partial charge in [-0.2, -0.15) is 13.2 Å². The van der Waals surface area contributed by atoms with Crippen LogP contribution in [0.15, 0.2) is 30.5 Å². The molecule has 2 aliphatic rings. The summed E-state index contributed by atoms with van der Waals surface area (Å²) in [5.41, 5.74) is 0.947. The molecule has 1 aromatic heterocycles. The first-order valence-electron chi connectivity index (χ1n) is 9.54. The number of alkyl halides is 3. The summed E-state index contributed by atoms with van der Waals surface area (Å²) in [6, 6.07) is 5.09. The van der Waals surface area contributed by atoms with Crippen molar-refractivity contribution in [3.8, 4) is 0 Å². The van der Waals surface area contributed by atoms with Crippen molar-refractivity contribution >= 4 is 23.4 Å². The van der Waals surface area contributed by atoms with E-state index in [1.165, 1.54) is 12.1 Å². The van der Waals surface area contributed by atoms with Crippen molar-refractivity contribution in [1.82, 2.24) is 15.2 Å². The smallest absolute Gasteiger partial charge is 0.352 e. The van der Waals surface area contributed by atoms with Crippen LogP contribution in [0.3, 0.4) is 0 Å². The predicted octanol–water partition coefficient (Wildman–Crippen LogP) is 4.41. The molecule has 5 nitrogen and oxygen atoms in total. The maximum atomic E-state index is 13.4. The topological polar surface area (TPSA) is 48.5 Å². The fourth-order valence-corrected chi connectivity index (χ4v) is 4.20. The second-order valence-electron chi connectivity index (χ2n) is 7.39. The number of pyridine rings is 1. The lowest BCUT2D eigenvalue weighted by atomic mass is 10.1. The highest BCUT2D eigenvalue weighted by Crippen LogP contribution is 2.34. The summed E-state index contributed by atoms with van der Waals surface area (Å²) in [7, 11) is 0. The minimum Gasteiger partial charge on any atom is -0.352 e. The van der Waals surface area contributed by atoms with Crippen molar-refractivity contribution in [2.75, 3.05) is 31.1 Å². The number of fused-ring (bicyclic) bond motifs is 1. The van der Waals surface area contributed by atoms with Crippen LogP contribution >= 0.6 is 11.6 Å². The summed E-state index contributed by atoms with van der Waals surface area (Å²) in [4.78, 5) is 19.9. The van der Waals surface area contributed by atoms with Gasteiger partial charge in [0, 0.05) is 32.4 Å². The number of halogens is 5. The maximum absolute atomic E-state index is 13.4.